The number of hydrogen-bond donors (Lipinski definition) is 1. The first kappa shape index (κ1) is 23.0. The van der Waals surface area contributed by atoms with Gasteiger partial charge in [-0.25, -0.2) is 8.78 Å². The quantitative estimate of drug-likeness (QED) is 0.593. The van der Waals surface area contributed by atoms with Crippen molar-refractivity contribution in [3.05, 3.63) is 65.5 Å². The van der Waals surface area contributed by atoms with E-state index >= 15 is 0 Å². The maximum atomic E-state index is 14.7. The van der Waals surface area contributed by atoms with E-state index in [2.05, 4.69) is 15.1 Å². The second-order valence-corrected chi connectivity index (χ2v) is 7.95. The minimum absolute atomic E-state index is 0.0726. The first-order valence-electron chi connectivity index (χ1n) is 10.3. The summed E-state index contributed by atoms with van der Waals surface area (Å²) in [5, 5.41) is 3.92. The molecule has 0 saturated heterocycles. The highest BCUT2D eigenvalue weighted by molar-refractivity contribution is 6.49. The van der Waals surface area contributed by atoms with Gasteiger partial charge in [-0.2, -0.15) is 0 Å². The first-order valence-corrected chi connectivity index (χ1v) is 10.3. The summed E-state index contributed by atoms with van der Waals surface area (Å²) in [5.74, 6) is -3.18. The third kappa shape index (κ3) is 3.98. The smallest absolute Gasteiger partial charge is 0.254 e. The number of hydrogen-bond acceptors (Lipinski definition) is 7. The molecule has 0 aliphatic carbocycles. The molecule has 10 heteroatoms. The molecule has 2 N–H and O–H groups in total. The summed E-state index contributed by atoms with van der Waals surface area (Å²) in [7, 11) is 0. The van der Waals surface area contributed by atoms with Crippen molar-refractivity contribution in [1.29, 1.82) is 0 Å². The van der Waals surface area contributed by atoms with Crippen LogP contribution in [0.2, 0.25) is 0 Å². The monoisotopic (exact) mass is 466 g/mol. The Morgan fingerprint density at radius 1 is 1.09 bits per heavy atom. The Labute approximate surface area is 193 Å². The number of amides is 1. The molecule has 4 rings (SSSR count). The van der Waals surface area contributed by atoms with Gasteiger partial charge in [0.25, 0.3) is 5.91 Å². The largest absolute Gasteiger partial charge is 0.493 e. The molecule has 0 fully saturated rings. The summed E-state index contributed by atoms with van der Waals surface area (Å²) >= 11 is 0. The number of primary amides is 1. The molecule has 2 heterocycles. The Morgan fingerprint density at radius 2 is 1.76 bits per heavy atom. The van der Waals surface area contributed by atoms with E-state index in [9.17, 15) is 18.4 Å². The molecule has 1 aromatic heterocycles. The van der Waals surface area contributed by atoms with Gasteiger partial charge in [0.05, 0.1) is 30.4 Å². The van der Waals surface area contributed by atoms with Gasteiger partial charge in [-0.05, 0) is 51.1 Å². The summed E-state index contributed by atoms with van der Waals surface area (Å²) in [6.45, 7) is 5.46. The summed E-state index contributed by atoms with van der Waals surface area (Å²) < 4.78 is 34.2. The van der Waals surface area contributed by atoms with Crippen molar-refractivity contribution in [3.8, 4) is 28.3 Å². The van der Waals surface area contributed by atoms with Crippen molar-refractivity contribution >= 4 is 17.4 Å². The van der Waals surface area contributed by atoms with Gasteiger partial charge in [0, 0.05) is 16.7 Å². The SMILES string of the molecule is CCOc1ccc(C2=NOC(C)(C)C2=O)cc1-c1cnc(-c2ccc(F)c(C(N)=O)c2F)cn1. The number of Topliss-reactive ketones (excluding diaryl/α,β-unsaturated/α-hetero) is 1. The molecule has 0 atom stereocenters. The molecule has 174 valence electrons. The molecule has 0 spiro atoms. The average Bonchev–Trinajstić information content (AvgIpc) is 3.07. The van der Waals surface area contributed by atoms with Gasteiger partial charge in [-0.3, -0.25) is 19.6 Å². The van der Waals surface area contributed by atoms with E-state index in [0.717, 1.165) is 12.1 Å². The third-order valence-electron chi connectivity index (χ3n) is 5.22. The second kappa shape index (κ2) is 8.62. The van der Waals surface area contributed by atoms with Gasteiger partial charge in [-0.1, -0.05) is 5.16 Å². The Balaban J connectivity index is 1.75. The van der Waals surface area contributed by atoms with Crippen molar-refractivity contribution in [2.24, 2.45) is 10.9 Å². The van der Waals surface area contributed by atoms with Crippen LogP contribution >= 0.6 is 0 Å². The third-order valence-corrected chi connectivity index (χ3v) is 5.22. The number of aromatic nitrogens is 2. The minimum atomic E-state index is -1.23. The van der Waals surface area contributed by atoms with E-state index in [-0.39, 0.29) is 22.8 Å². The zero-order valence-electron chi connectivity index (χ0n) is 18.6. The molecule has 0 saturated carbocycles. The van der Waals surface area contributed by atoms with Crippen molar-refractivity contribution in [3.63, 3.8) is 0 Å². The van der Waals surface area contributed by atoms with Crippen LogP contribution in [-0.4, -0.2) is 39.6 Å². The molecule has 8 nitrogen and oxygen atoms in total. The Bertz CT molecular complexity index is 1340. The number of benzene rings is 2. The number of oxime groups is 1. The van der Waals surface area contributed by atoms with E-state index in [1.54, 1.807) is 32.0 Å². The maximum absolute atomic E-state index is 14.7. The molecule has 1 amide bonds. The van der Waals surface area contributed by atoms with E-state index in [1.807, 2.05) is 6.92 Å². The highest BCUT2D eigenvalue weighted by Crippen LogP contribution is 2.33. The lowest BCUT2D eigenvalue weighted by Crippen LogP contribution is -2.33. The number of nitrogens with zero attached hydrogens (tertiary/aromatic N) is 3. The van der Waals surface area contributed by atoms with Gasteiger partial charge in [0.2, 0.25) is 5.78 Å². The highest BCUT2D eigenvalue weighted by Gasteiger charge is 2.40. The van der Waals surface area contributed by atoms with E-state index in [4.69, 9.17) is 15.3 Å². The molecule has 1 aliphatic rings. The molecule has 0 bridgehead atoms. The highest BCUT2D eigenvalue weighted by atomic mass is 19.1. The van der Waals surface area contributed by atoms with Crippen molar-refractivity contribution in [2.75, 3.05) is 6.61 Å². The fourth-order valence-corrected chi connectivity index (χ4v) is 3.45. The zero-order valence-corrected chi connectivity index (χ0v) is 18.6. The average molecular weight is 466 g/mol. The van der Waals surface area contributed by atoms with Crippen LogP contribution in [0.1, 0.15) is 36.7 Å². The van der Waals surface area contributed by atoms with Crippen LogP contribution < -0.4 is 10.5 Å². The van der Waals surface area contributed by atoms with Gasteiger partial charge in [-0.15, -0.1) is 0 Å². The number of nitrogens with two attached hydrogens (primary N) is 1. The van der Waals surface area contributed by atoms with Crippen LogP contribution in [0, 0.1) is 11.6 Å². The molecule has 1 aliphatic heterocycles. The van der Waals surface area contributed by atoms with Gasteiger partial charge in [0.1, 0.15) is 22.9 Å². The Hall–Kier alpha value is -4.21. The molecular weight excluding hydrogens is 446 g/mol. The van der Waals surface area contributed by atoms with Crippen molar-refractivity contribution in [1.82, 2.24) is 9.97 Å². The lowest BCUT2D eigenvalue weighted by atomic mass is 9.94. The molecule has 34 heavy (non-hydrogen) atoms. The number of ether oxygens (including phenoxy) is 1. The zero-order chi connectivity index (χ0) is 24.6. The van der Waals surface area contributed by atoms with Gasteiger partial charge < -0.3 is 15.3 Å². The van der Waals surface area contributed by atoms with E-state index < -0.39 is 28.7 Å². The Morgan fingerprint density at radius 3 is 2.32 bits per heavy atom. The van der Waals surface area contributed by atoms with Crippen LogP contribution in [0.3, 0.4) is 0 Å². The molecule has 3 aromatic rings. The van der Waals surface area contributed by atoms with Crippen LogP contribution in [-0.2, 0) is 9.63 Å². The molecular formula is C24H20F2N4O4. The second-order valence-electron chi connectivity index (χ2n) is 7.95. The summed E-state index contributed by atoms with van der Waals surface area (Å²) in [6, 6.07) is 7.15. The summed E-state index contributed by atoms with van der Waals surface area (Å²) in [4.78, 5) is 37.8. The summed E-state index contributed by atoms with van der Waals surface area (Å²) in [6.07, 6.45) is 2.66. The fraction of sp³-hybridized carbons (Fsp3) is 0.208. The van der Waals surface area contributed by atoms with Gasteiger partial charge >= 0.3 is 0 Å². The predicted octanol–water partition coefficient (Wildman–Crippen LogP) is 3.67. The maximum Gasteiger partial charge on any atom is 0.254 e. The number of halogens is 2. The standard InChI is InChI=1S/C24H20F2N4O4/c1-4-33-18-8-5-12(21-22(31)24(2,3)34-30-21)9-14(18)17-11-28-16(10-29-17)13-6-7-15(25)19(20(13)26)23(27)32/h5-11H,4H2,1-3H3,(H2,27,32). The lowest BCUT2D eigenvalue weighted by Gasteiger charge is -2.13. The van der Waals surface area contributed by atoms with E-state index in [0.29, 0.717) is 29.2 Å². The minimum Gasteiger partial charge on any atom is -0.493 e. The van der Waals surface area contributed by atoms with Crippen LogP contribution in [0.4, 0.5) is 8.78 Å². The summed E-state index contributed by atoms with van der Waals surface area (Å²) in [5.41, 5.74) is 4.71. The molecule has 2 aromatic carbocycles. The topological polar surface area (TPSA) is 117 Å². The number of rotatable bonds is 6. The number of ketones is 1. The van der Waals surface area contributed by atoms with Crippen LogP contribution in [0.25, 0.3) is 22.5 Å². The van der Waals surface area contributed by atoms with Crippen LogP contribution in [0.15, 0.2) is 47.9 Å². The predicted molar refractivity (Wildman–Crippen MR) is 119 cm³/mol. The Kier molecular flexibility index (Phi) is 5.82. The lowest BCUT2D eigenvalue weighted by molar-refractivity contribution is -0.128. The van der Waals surface area contributed by atoms with E-state index in [1.165, 1.54) is 12.4 Å². The molecule has 0 unspecified atom stereocenters. The van der Waals surface area contributed by atoms with Crippen LogP contribution in [0.5, 0.6) is 5.75 Å². The first-order chi connectivity index (χ1) is 16.1. The number of carbonyl (C=O) groups is 2. The van der Waals surface area contributed by atoms with Crippen molar-refractivity contribution in [2.45, 2.75) is 26.4 Å². The fourth-order valence-electron chi connectivity index (χ4n) is 3.45. The molecule has 0 radical (unpaired) electrons. The number of carbonyl (C=O) groups excluding carboxylic acids is 2. The normalized spacial score (nSPS) is 14.5. The van der Waals surface area contributed by atoms with Gasteiger partial charge in [0.15, 0.2) is 11.3 Å². The van der Waals surface area contributed by atoms with Crippen molar-refractivity contribution < 1.29 is 27.9 Å².